The van der Waals surface area contributed by atoms with E-state index in [1.807, 2.05) is 24.3 Å². The standard InChI is InChI=1S/C29H27ClF2N2O/c1-19-6-3-4-7-21(19)16-29(2,15-20-10-11-22(17-33)25(30)14-20)23-12-13-34(18-23)28(35)24-8-5-9-26(31)27(24)32/h3-11,14,23H,12-13,15-16,18H2,1-2H3/t23?,29-/m1/s1. The lowest BCUT2D eigenvalue weighted by Crippen LogP contribution is -2.36. The third kappa shape index (κ3) is 5.23. The van der Waals surface area contributed by atoms with Crippen molar-refractivity contribution in [3.63, 3.8) is 0 Å². The Bertz CT molecular complexity index is 1300. The number of halogens is 3. The Balaban J connectivity index is 1.63. The maximum absolute atomic E-state index is 14.3. The molecule has 6 heteroatoms. The number of carbonyl (C=O) groups excluding carboxylic acids is 1. The van der Waals surface area contributed by atoms with Crippen molar-refractivity contribution in [2.45, 2.75) is 33.1 Å². The fourth-order valence-electron chi connectivity index (χ4n) is 5.17. The van der Waals surface area contributed by atoms with Crippen molar-refractivity contribution in [3.05, 3.63) is 105 Å². The maximum Gasteiger partial charge on any atom is 0.256 e. The van der Waals surface area contributed by atoms with Crippen LogP contribution in [-0.4, -0.2) is 23.9 Å². The van der Waals surface area contributed by atoms with E-state index in [0.29, 0.717) is 30.1 Å². The maximum atomic E-state index is 14.3. The van der Waals surface area contributed by atoms with Crippen molar-refractivity contribution >= 4 is 17.5 Å². The second-order valence-corrected chi connectivity index (χ2v) is 10.1. The number of likely N-dealkylation sites (tertiary alicyclic amines) is 1. The monoisotopic (exact) mass is 492 g/mol. The van der Waals surface area contributed by atoms with Crippen molar-refractivity contribution in [2.75, 3.05) is 13.1 Å². The molecule has 4 rings (SSSR count). The van der Waals surface area contributed by atoms with Gasteiger partial charge in [0, 0.05) is 13.1 Å². The molecule has 1 aliphatic heterocycles. The minimum atomic E-state index is -1.10. The fraction of sp³-hybridized carbons (Fsp3) is 0.310. The van der Waals surface area contributed by atoms with E-state index in [1.54, 1.807) is 11.0 Å². The molecule has 2 atom stereocenters. The molecular weight excluding hydrogens is 466 g/mol. The van der Waals surface area contributed by atoms with Crippen LogP contribution in [0.5, 0.6) is 0 Å². The molecule has 3 aromatic rings. The largest absolute Gasteiger partial charge is 0.338 e. The topological polar surface area (TPSA) is 44.1 Å². The summed E-state index contributed by atoms with van der Waals surface area (Å²) in [6, 6.07) is 19.6. The van der Waals surface area contributed by atoms with Gasteiger partial charge in [0.15, 0.2) is 11.6 Å². The minimum Gasteiger partial charge on any atom is -0.338 e. The molecule has 0 N–H and O–H groups in total. The van der Waals surface area contributed by atoms with Gasteiger partial charge in [0.25, 0.3) is 5.91 Å². The third-order valence-electron chi connectivity index (χ3n) is 7.26. The van der Waals surface area contributed by atoms with Crippen molar-refractivity contribution in [3.8, 4) is 6.07 Å². The highest BCUT2D eigenvalue weighted by molar-refractivity contribution is 6.31. The summed E-state index contributed by atoms with van der Waals surface area (Å²) in [6.07, 6.45) is 2.25. The van der Waals surface area contributed by atoms with Crippen LogP contribution in [0.15, 0.2) is 60.7 Å². The predicted octanol–water partition coefficient (Wildman–Crippen LogP) is 6.75. The van der Waals surface area contributed by atoms with Gasteiger partial charge in [-0.05, 0) is 78.5 Å². The molecule has 1 heterocycles. The van der Waals surface area contributed by atoms with Gasteiger partial charge >= 0.3 is 0 Å². The first-order chi connectivity index (χ1) is 16.7. The summed E-state index contributed by atoms with van der Waals surface area (Å²) in [5.41, 5.74) is 3.42. The number of aryl methyl sites for hydroxylation is 1. The second-order valence-electron chi connectivity index (χ2n) is 9.70. The quantitative estimate of drug-likeness (QED) is 0.382. The molecule has 0 radical (unpaired) electrons. The lowest BCUT2D eigenvalue weighted by atomic mass is 9.68. The number of amides is 1. The van der Waals surface area contributed by atoms with Gasteiger partial charge in [-0.25, -0.2) is 8.78 Å². The van der Waals surface area contributed by atoms with E-state index in [1.165, 1.54) is 23.3 Å². The van der Waals surface area contributed by atoms with Gasteiger partial charge in [-0.2, -0.15) is 5.26 Å². The lowest BCUT2D eigenvalue weighted by Gasteiger charge is -2.37. The summed E-state index contributed by atoms with van der Waals surface area (Å²) >= 11 is 6.32. The van der Waals surface area contributed by atoms with Crippen LogP contribution in [0, 0.1) is 41.2 Å². The molecule has 1 saturated heterocycles. The van der Waals surface area contributed by atoms with Crippen LogP contribution in [0.4, 0.5) is 8.78 Å². The molecule has 1 amide bonds. The summed E-state index contributed by atoms with van der Waals surface area (Å²) in [5, 5.41) is 9.65. The zero-order valence-electron chi connectivity index (χ0n) is 19.8. The predicted molar refractivity (Wildman–Crippen MR) is 133 cm³/mol. The summed E-state index contributed by atoms with van der Waals surface area (Å²) in [5.74, 6) is -2.47. The Morgan fingerprint density at radius 1 is 1.14 bits per heavy atom. The van der Waals surface area contributed by atoms with Gasteiger partial charge < -0.3 is 4.90 Å². The van der Waals surface area contributed by atoms with Crippen LogP contribution in [0.1, 0.15) is 46.0 Å². The number of carbonyl (C=O) groups is 1. The number of nitrogens with zero attached hydrogens (tertiary/aromatic N) is 2. The highest BCUT2D eigenvalue weighted by atomic mass is 35.5. The van der Waals surface area contributed by atoms with Crippen molar-refractivity contribution in [2.24, 2.45) is 11.3 Å². The molecule has 0 spiro atoms. The second kappa shape index (κ2) is 10.2. The SMILES string of the molecule is Cc1ccccc1C[C@@](C)(Cc1ccc(C#N)c(Cl)c1)C1CCN(C(=O)c2cccc(F)c2F)C1. The van der Waals surface area contributed by atoms with Gasteiger partial charge in [-0.15, -0.1) is 0 Å². The third-order valence-corrected chi connectivity index (χ3v) is 7.57. The van der Waals surface area contributed by atoms with Crippen LogP contribution in [-0.2, 0) is 12.8 Å². The zero-order valence-corrected chi connectivity index (χ0v) is 20.6. The van der Waals surface area contributed by atoms with Crippen LogP contribution in [0.3, 0.4) is 0 Å². The summed E-state index contributed by atoms with van der Waals surface area (Å²) in [6.45, 7) is 5.25. The molecule has 3 aromatic carbocycles. The van der Waals surface area contributed by atoms with Crippen LogP contribution in [0.2, 0.25) is 5.02 Å². The Morgan fingerprint density at radius 2 is 1.91 bits per heavy atom. The van der Waals surface area contributed by atoms with Gasteiger partial charge in [-0.1, -0.05) is 54.9 Å². The van der Waals surface area contributed by atoms with Gasteiger partial charge in [0.1, 0.15) is 6.07 Å². The fourth-order valence-corrected chi connectivity index (χ4v) is 5.42. The first-order valence-electron chi connectivity index (χ1n) is 11.7. The van der Waals surface area contributed by atoms with E-state index >= 15 is 0 Å². The number of benzene rings is 3. The van der Waals surface area contributed by atoms with E-state index in [4.69, 9.17) is 11.6 Å². The smallest absolute Gasteiger partial charge is 0.256 e. The van der Waals surface area contributed by atoms with Gasteiger partial charge in [0.05, 0.1) is 16.1 Å². The molecule has 0 aromatic heterocycles. The Morgan fingerprint density at radius 3 is 2.63 bits per heavy atom. The van der Waals surface area contributed by atoms with Crippen LogP contribution in [0.25, 0.3) is 0 Å². The molecule has 35 heavy (non-hydrogen) atoms. The first-order valence-corrected chi connectivity index (χ1v) is 12.1. The minimum absolute atomic E-state index is 0.136. The van der Waals surface area contributed by atoms with E-state index in [9.17, 15) is 18.8 Å². The number of hydrogen-bond acceptors (Lipinski definition) is 2. The van der Waals surface area contributed by atoms with Gasteiger partial charge in [-0.3, -0.25) is 4.79 Å². The number of hydrogen-bond donors (Lipinski definition) is 0. The molecule has 180 valence electrons. The van der Waals surface area contributed by atoms with Crippen LogP contribution >= 0.6 is 11.6 Å². The normalized spacial score (nSPS) is 17.1. The Hall–Kier alpha value is -3.23. The molecule has 0 bridgehead atoms. The van der Waals surface area contributed by atoms with E-state index in [2.05, 4.69) is 32.0 Å². The van der Waals surface area contributed by atoms with Crippen LogP contribution < -0.4 is 0 Å². The molecule has 0 aliphatic carbocycles. The Kier molecular flexibility index (Phi) is 7.23. The average Bonchev–Trinajstić information content (AvgIpc) is 3.33. The summed E-state index contributed by atoms with van der Waals surface area (Å²) < 4.78 is 28.0. The van der Waals surface area contributed by atoms with E-state index < -0.39 is 17.5 Å². The molecular formula is C29H27ClF2N2O. The Labute approximate surface area is 210 Å². The van der Waals surface area contributed by atoms with Crippen molar-refractivity contribution in [1.29, 1.82) is 5.26 Å². The first kappa shape index (κ1) is 24.9. The summed E-state index contributed by atoms with van der Waals surface area (Å²) in [4.78, 5) is 14.7. The molecule has 1 unspecified atom stereocenters. The number of nitriles is 1. The molecule has 3 nitrogen and oxygen atoms in total. The highest BCUT2D eigenvalue weighted by Gasteiger charge is 2.41. The van der Waals surface area contributed by atoms with Gasteiger partial charge in [0.2, 0.25) is 0 Å². The average molecular weight is 493 g/mol. The van der Waals surface area contributed by atoms with Crippen molar-refractivity contribution < 1.29 is 13.6 Å². The zero-order chi connectivity index (χ0) is 25.2. The van der Waals surface area contributed by atoms with Crippen molar-refractivity contribution in [1.82, 2.24) is 4.90 Å². The summed E-state index contributed by atoms with van der Waals surface area (Å²) in [7, 11) is 0. The number of rotatable bonds is 6. The highest BCUT2D eigenvalue weighted by Crippen LogP contribution is 2.42. The molecule has 1 fully saturated rings. The lowest BCUT2D eigenvalue weighted by molar-refractivity contribution is 0.0763. The van der Waals surface area contributed by atoms with E-state index in [0.717, 1.165) is 24.5 Å². The molecule has 0 saturated carbocycles. The molecule has 1 aliphatic rings. The van der Waals surface area contributed by atoms with E-state index in [-0.39, 0.29) is 16.9 Å².